The summed E-state index contributed by atoms with van der Waals surface area (Å²) in [4.78, 5) is 19.6. The van der Waals surface area contributed by atoms with Crippen LogP contribution in [-0.4, -0.2) is 40.4 Å². The van der Waals surface area contributed by atoms with Gasteiger partial charge in [0.1, 0.15) is 0 Å². The third-order valence-corrected chi connectivity index (χ3v) is 3.10. The Morgan fingerprint density at radius 2 is 2.12 bits per heavy atom. The molecule has 2 rings (SSSR count). The summed E-state index contributed by atoms with van der Waals surface area (Å²) < 4.78 is 0. The Kier molecular flexibility index (Phi) is 3.40. The van der Waals surface area contributed by atoms with E-state index in [9.17, 15) is 4.79 Å². The molecule has 1 aliphatic heterocycles. The number of carboxylic acids is 1. The van der Waals surface area contributed by atoms with Crippen LogP contribution < -0.4 is 5.32 Å². The summed E-state index contributed by atoms with van der Waals surface area (Å²) >= 11 is 1.37. The van der Waals surface area contributed by atoms with E-state index in [2.05, 4.69) is 15.3 Å². The number of carbonyl (C=O) groups is 1. The van der Waals surface area contributed by atoms with E-state index in [0.29, 0.717) is 11.6 Å². The number of aromatic carboxylic acids is 1. The molecule has 2 N–H and O–H groups in total. The van der Waals surface area contributed by atoms with Crippen molar-refractivity contribution in [2.75, 3.05) is 19.3 Å². The molecule has 0 saturated heterocycles. The molecule has 6 heteroatoms. The van der Waals surface area contributed by atoms with Crippen LogP contribution in [0.5, 0.6) is 0 Å². The lowest BCUT2D eigenvalue weighted by Gasteiger charge is -2.08. The molecule has 5 nitrogen and oxygen atoms in total. The number of fused-ring (bicyclic) bond motifs is 1. The number of hydrogen-bond acceptors (Lipinski definition) is 5. The maximum absolute atomic E-state index is 11.1. The lowest BCUT2D eigenvalue weighted by molar-refractivity contribution is 0.0687. The van der Waals surface area contributed by atoms with Gasteiger partial charge in [-0.1, -0.05) is 11.8 Å². The first-order valence-corrected chi connectivity index (χ1v) is 6.32. The van der Waals surface area contributed by atoms with Gasteiger partial charge >= 0.3 is 5.97 Å². The second-order valence-corrected chi connectivity index (χ2v) is 4.31. The van der Waals surface area contributed by atoms with Gasteiger partial charge in [-0.2, -0.15) is 0 Å². The Morgan fingerprint density at radius 3 is 2.81 bits per heavy atom. The maximum Gasteiger partial charge on any atom is 0.354 e. The molecule has 0 aromatic carbocycles. The van der Waals surface area contributed by atoms with Gasteiger partial charge in [0.15, 0.2) is 10.9 Å². The number of nitrogens with one attached hydrogen (secondary N) is 1. The average Bonchev–Trinajstić information content (AvgIpc) is 2.52. The topological polar surface area (TPSA) is 75.1 Å². The van der Waals surface area contributed by atoms with Crippen molar-refractivity contribution in [1.29, 1.82) is 0 Å². The first-order chi connectivity index (χ1) is 7.72. The van der Waals surface area contributed by atoms with Crippen LogP contribution in [0.15, 0.2) is 5.16 Å². The van der Waals surface area contributed by atoms with E-state index >= 15 is 0 Å². The van der Waals surface area contributed by atoms with Gasteiger partial charge in [0, 0.05) is 18.5 Å². The highest BCUT2D eigenvalue weighted by Crippen LogP contribution is 2.19. The van der Waals surface area contributed by atoms with Crippen LogP contribution >= 0.6 is 11.8 Å². The highest BCUT2D eigenvalue weighted by Gasteiger charge is 2.20. The molecule has 0 fully saturated rings. The number of hydrogen-bond donors (Lipinski definition) is 2. The van der Waals surface area contributed by atoms with E-state index in [1.165, 1.54) is 11.8 Å². The van der Waals surface area contributed by atoms with E-state index in [1.807, 2.05) is 6.26 Å². The normalized spacial score (nSPS) is 15.3. The Hall–Kier alpha value is -1.14. The number of thioether (sulfide) groups is 1. The minimum atomic E-state index is -0.962. The molecule has 0 saturated carbocycles. The second-order valence-electron chi connectivity index (χ2n) is 3.54. The van der Waals surface area contributed by atoms with Crippen molar-refractivity contribution in [3.05, 3.63) is 17.0 Å². The fourth-order valence-electron chi connectivity index (χ4n) is 1.79. The zero-order chi connectivity index (χ0) is 11.5. The van der Waals surface area contributed by atoms with Crippen molar-refractivity contribution >= 4 is 17.7 Å². The molecule has 0 amide bonds. The molecule has 2 heterocycles. The lowest BCUT2D eigenvalue weighted by Crippen LogP contribution is -2.16. The van der Waals surface area contributed by atoms with Crippen molar-refractivity contribution in [2.45, 2.75) is 18.0 Å². The van der Waals surface area contributed by atoms with Gasteiger partial charge < -0.3 is 10.4 Å². The lowest BCUT2D eigenvalue weighted by atomic mass is 10.1. The Morgan fingerprint density at radius 1 is 1.38 bits per heavy atom. The summed E-state index contributed by atoms with van der Waals surface area (Å²) in [6, 6.07) is 0. The predicted molar refractivity (Wildman–Crippen MR) is 61.1 cm³/mol. The van der Waals surface area contributed by atoms with Gasteiger partial charge in [-0.3, -0.25) is 0 Å². The minimum Gasteiger partial charge on any atom is -0.476 e. The Balaban J connectivity index is 2.53. The molecule has 0 aliphatic carbocycles. The molecular formula is C10H13N3O2S. The third kappa shape index (κ3) is 2.17. The Bertz CT molecular complexity index is 423. The molecular weight excluding hydrogens is 226 g/mol. The monoisotopic (exact) mass is 239 g/mol. The largest absolute Gasteiger partial charge is 0.476 e. The molecule has 1 aromatic heterocycles. The molecule has 0 spiro atoms. The average molecular weight is 239 g/mol. The summed E-state index contributed by atoms with van der Waals surface area (Å²) in [7, 11) is 0. The molecule has 1 aliphatic rings. The van der Waals surface area contributed by atoms with Gasteiger partial charge in [0.25, 0.3) is 0 Å². The van der Waals surface area contributed by atoms with Crippen LogP contribution in [0.2, 0.25) is 0 Å². The SMILES string of the molecule is CSc1nc2c(c(C(=O)O)n1)CCNCC2. The van der Waals surface area contributed by atoms with Crippen molar-refractivity contribution in [2.24, 2.45) is 0 Å². The van der Waals surface area contributed by atoms with E-state index in [1.54, 1.807) is 0 Å². The van der Waals surface area contributed by atoms with E-state index in [0.717, 1.165) is 30.8 Å². The summed E-state index contributed by atoms with van der Waals surface area (Å²) in [5.74, 6) is -0.962. The van der Waals surface area contributed by atoms with E-state index in [-0.39, 0.29) is 5.69 Å². The first-order valence-electron chi connectivity index (χ1n) is 5.10. The van der Waals surface area contributed by atoms with Gasteiger partial charge in [-0.15, -0.1) is 0 Å². The van der Waals surface area contributed by atoms with Crippen molar-refractivity contribution < 1.29 is 9.90 Å². The molecule has 0 radical (unpaired) electrons. The summed E-state index contributed by atoms with van der Waals surface area (Å²) in [6.45, 7) is 1.63. The van der Waals surface area contributed by atoms with Crippen molar-refractivity contribution in [1.82, 2.24) is 15.3 Å². The van der Waals surface area contributed by atoms with Crippen LogP contribution in [0.4, 0.5) is 0 Å². The van der Waals surface area contributed by atoms with Crippen LogP contribution in [-0.2, 0) is 12.8 Å². The first kappa shape index (κ1) is 11.3. The molecule has 0 bridgehead atoms. The zero-order valence-corrected chi connectivity index (χ0v) is 9.80. The van der Waals surface area contributed by atoms with Crippen LogP contribution in [0.1, 0.15) is 21.7 Å². The summed E-state index contributed by atoms with van der Waals surface area (Å²) in [5, 5.41) is 12.9. The Labute approximate surface area is 97.7 Å². The highest BCUT2D eigenvalue weighted by molar-refractivity contribution is 7.98. The van der Waals surface area contributed by atoms with Gasteiger partial charge in [0.2, 0.25) is 0 Å². The molecule has 16 heavy (non-hydrogen) atoms. The summed E-state index contributed by atoms with van der Waals surface area (Å²) in [6.07, 6.45) is 3.31. The van der Waals surface area contributed by atoms with Gasteiger partial charge in [-0.05, 0) is 19.2 Å². The van der Waals surface area contributed by atoms with Crippen molar-refractivity contribution in [3.8, 4) is 0 Å². The van der Waals surface area contributed by atoms with Gasteiger partial charge in [-0.25, -0.2) is 14.8 Å². The number of carboxylic acid groups (broad SMARTS) is 1. The fourth-order valence-corrected chi connectivity index (χ4v) is 2.17. The van der Waals surface area contributed by atoms with E-state index < -0.39 is 5.97 Å². The number of nitrogens with zero attached hydrogens (tertiary/aromatic N) is 2. The quantitative estimate of drug-likeness (QED) is 0.581. The third-order valence-electron chi connectivity index (χ3n) is 2.55. The smallest absolute Gasteiger partial charge is 0.354 e. The maximum atomic E-state index is 11.1. The summed E-state index contributed by atoms with van der Waals surface area (Å²) in [5.41, 5.74) is 1.83. The minimum absolute atomic E-state index is 0.165. The highest BCUT2D eigenvalue weighted by atomic mass is 32.2. The number of aromatic nitrogens is 2. The fraction of sp³-hybridized carbons (Fsp3) is 0.500. The van der Waals surface area contributed by atoms with E-state index in [4.69, 9.17) is 5.11 Å². The second kappa shape index (κ2) is 4.80. The number of rotatable bonds is 2. The molecule has 86 valence electrons. The molecule has 0 atom stereocenters. The van der Waals surface area contributed by atoms with Crippen LogP contribution in [0.3, 0.4) is 0 Å². The standard InChI is InChI=1S/C10H13N3O2S/c1-16-10-12-7-3-5-11-4-2-6(7)8(13-10)9(14)15/h11H,2-5H2,1H3,(H,14,15). The van der Waals surface area contributed by atoms with Crippen molar-refractivity contribution in [3.63, 3.8) is 0 Å². The predicted octanol–water partition coefficient (Wildman–Crippen LogP) is 0.585. The zero-order valence-electron chi connectivity index (χ0n) is 8.99. The van der Waals surface area contributed by atoms with Crippen LogP contribution in [0.25, 0.3) is 0 Å². The molecule has 0 unspecified atom stereocenters. The van der Waals surface area contributed by atoms with Gasteiger partial charge in [0.05, 0.1) is 5.69 Å². The van der Waals surface area contributed by atoms with Crippen LogP contribution in [0, 0.1) is 0 Å². The molecule has 1 aromatic rings.